The predicted octanol–water partition coefficient (Wildman–Crippen LogP) is 3.78. The highest BCUT2D eigenvalue weighted by Gasteiger charge is 1.98. The highest BCUT2D eigenvalue weighted by molar-refractivity contribution is 5.44. The molecule has 0 spiro atoms. The van der Waals surface area contributed by atoms with Crippen molar-refractivity contribution in [3.8, 4) is 0 Å². The van der Waals surface area contributed by atoms with Gasteiger partial charge in [-0.05, 0) is 43.6 Å². The van der Waals surface area contributed by atoms with Crippen LogP contribution in [0.4, 0.5) is 5.69 Å². The molecule has 1 aromatic rings. The largest absolute Gasteiger partial charge is 0.384 e. The molecule has 0 saturated carbocycles. The molecule has 0 aliphatic heterocycles. The van der Waals surface area contributed by atoms with Crippen molar-refractivity contribution in [3.05, 3.63) is 29.8 Å². The van der Waals surface area contributed by atoms with Crippen molar-refractivity contribution in [1.82, 2.24) is 4.90 Å². The maximum absolute atomic E-state index is 3.49. The molecule has 102 valence electrons. The van der Waals surface area contributed by atoms with E-state index in [1.165, 1.54) is 30.5 Å². The maximum Gasteiger partial charge on any atom is 0.0340 e. The van der Waals surface area contributed by atoms with E-state index in [1.807, 2.05) is 0 Å². The van der Waals surface area contributed by atoms with Gasteiger partial charge in [0.1, 0.15) is 0 Å². The van der Waals surface area contributed by atoms with Crippen molar-refractivity contribution in [2.75, 3.05) is 31.5 Å². The first-order valence-electron chi connectivity index (χ1n) is 7.35. The summed E-state index contributed by atoms with van der Waals surface area (Å²) >= 11 is 0. The number of hydrogen-bond donors (Lipinski definition) is 1. The lowest BCUT2D eigenvalue weighted by molar-refractivity contribution is 0.316. The predicted molar refractivity (Wildman–Crippen MR) is 81.3 cm³/mol. The molecule has 2 nitrogen and oxygen atoms in total. The van der Waals surface area contributed by atoms with Crippen molar-refractivity contribution in [2.24, 2.45) is 0 Å². The van der Waals surface area contributed by atoms with E-state index in [0.29, 0.717) is 0 Å². The number of hydrogen-bond acceptors (Lipinski definition) is 2. The molecule has 0 bridgehead atoms. The number of unbranched alkanes of at least 4 members (excludes halogenated alkanes) is 1. The van der Waals surface area contributed by atoms with Crippen molar-refractivity contribution >= 4 is 5.69 Å². The van der Waals surface area contributed by atoms with E-state index in [4.69, 9.17) is 0 Å². The Labute approximate surface area is 112 Å². The maximum atomic E-state index is 3.49. The molecule has 1 aromatic carbocycles. The summed E-state index contributed by atoms with van der Waals surface area (Å²) in [6.07, 6.45) is 3.76. The lowest BCUT2D eigenvalue weighted by atomic mass is 10.1. The second-order valence-electron chi connectivity index (χ2n) is 4.75. The fraction of sp³-hybridized carbons (Fsp3) is 0.625. The molecule has 0 unspecified atom stereocenters. The Hall–Kier alpha value is -1.02. The summed E-state index contributed by atoms with van der Waals surface area (Å²) in [5.41, 5.74) is 2.69. The molecule has 0 aliphatic rings. The van der Waals surface area contributed by atoms with Crippen LogP contribution in [0.5, 0.6) is 0 Å². The number of nitrogens with one attached hydrogen (secondary N) is 1. The monoisotopic (exact) mass is 248 g/mol. The number of likely N-dealkylation sites (N-methyl/N-ethyl adjacent to an activating group) is 1. The first-order chi connectivity index (χ1) is 8.80. The molecule has 1 N–H and O–H groups in total. The summed E-state index contributed by atoms with van der Waals surface area (Å²) < 4.78 is 0. The van der Waals surface area contributed by atoms with Crippen LogP contribution < -0.4 is 5.32 Å². The number of benzene rings is 1. The van der Waals surface area contributed by atoms with E-state index < -0.39 is 0 Å². The minimum absolute atomic E-state index is 1.02. The third kappa shape index (κ3) is 5.54. The average Bonchev–Trinajstić information content (AvgIpc) is 2.42. The van der Waals surface area contributed by atoms with Crippen molar-refractivity contribution in [1.29, 1.82) is 0 Å². The topological polar surface area (TPSA) is 15.3 Å². The highest BCUT2D eigenvalue weighted by Crippen LogP contribution is 2.11. The summed E-state index contributed by atoms with van der Waals surface area (Å²) in [4.78, 5) is 2.43. The number of aryl methyl sites for hydroxylation is 1. The van der Waals surface area contributed by atoms with Crippen LogP contribution in [0.25, 0.3) is 0 Å². The minimum Gasteiger partial charge on any atom is -0.384 e. The molecule has 0 saturated heterocycles. The molecule has 0 heterocycles. The van der Waals surface area contributed by atoms with Crippen LogP contribution in [0.3, 0.4) is 0 Å². The normalized spacial score (nSPS) is 10.9. The van der Waals surface area contributed by atoms with Crippen LogP contribution in [-0.4, -0.2) is 31.1 Å². The van der Waals surface area contributed by atoms with E-state index in [0.717, 1.165) is 26.2 Å². The Kier molecular flexibility index (Phi) is 7.51. The number of rotatable bonds is 9. The van der Waals surface area contributed by atoms with Crippen molar-refractivity contribution in [2.45, 2.75) is 40.0 Å². The van der Waals surface area contributed by atoms with E-state index in [-0.39, 0.29) is 0 Å². The van der Waals surface area contributed by atoms with Crippen LogP contribution in [0.1, 0.15) is 39.2 Å². The summed E-state index contributed by atoms with van der Waals surface area (Å²) in [5, 5.41) is 3.49. The lowest BCUT2D eigenvalue weighted by Crippen LogP contribution is -2.28. The molecular weight excluding hydrogens is 220 g/mol. The zero-order chi connectivity index (χ0) is 13.2. The average molecular weight is 248 g/mol. The van der Waals surface area contributed by atoms with Gasteiger partial charge < -0.3 is 10.2 Å². The van der Waals surface area contributed by atoms with Gasteiger partial charge in [-0.25, -0.2) is 0 Å². The zero-order valence-electron chi connectivity index (χ0n) is 12.2. The third-order valence-corrected chi connectivity index (χ3v) is 3.42. The van der Waals surface area contributed by atoms with Crippen molar-refractivity contribution in [3.63, 3.8) is 0 Å². The molecule has 18 heavy (non-hydrogen) atoms. The second kappa shape index (κ2) is 8.98. The number of anilines is 1. The van der Waals surface area contributed by atoms with E-state index in [1.54, 1.807) is 0 Å². The smallest absolute Gasteiger partial charge is 0.0340 e. The van der Waals surface area contributed by atoms with Gasteiger partial charge in [-0.2, -0.15) is 0 Å². The second-order valence-corrected chi connectivity index (χ2v) is 4.75. The van der Waals surface area contributed by atoms with E-state index in [2.05, 4.69) is 55.3 Å². The van der Waals surface area contributed by atoms with Crippen LogP contribution in [-0.2, 0) is 6.42 Å². The van der Waals surface area contributed by atoms with Gasteiger partial charge >= 0.3 is 0 Å². The summed E-state index contributed by atoms with van der Waals surface area (Å²) in [6, 6.07) is 8.89. The van der Waals surface area contributed by atoms with E-state index >= 15 is 0 Å². The minimum atomic E-state index is 1.02. The summed E-state index contributed by atoms with van der Waals surface area (Å²) in [6.45, 7) is 11.1. The standard InChI is InChI=1S/C16H28N2/c1-4-7-8-15-9-11-16(12-10-15)17-13-14-18(5-2)6-3/h9-12,17H,4-8,13-14H2,1-3H3. The van der Waals surface area contributed by atoms with Gasteiger partial charge in [0.2, 0.25) is 0 Å². The van der Waals surface area contributed by atoms with Crippen molar-refractivity contribution < 1.29 is 0 Å². The Morgan fingerprint density at radius 2 is 1.67 bits per heavy atom. The Bertz CT molecular complexity index is 301. The Morgan fingerprint density at radius 1 is 1.00 bits per heavy atom. The van der Waals surface area contributed by atoms with Gasteiger partial charge in [-0.1, -0.05) is 39.3 Å². The lowest BCUT2D eigenvalue weighted by Gasteiger charge is -2.18. The van der Waals surface area contributed by atoms with Gasteiger partial charge in [0.15, 0.2) is 0 Å². The molecule has 0 aromatic heterocycles. The third-order valence-electron chi connectivity index (χ3n) is 3.42. The van der Waals surface area contributed by atoms with Gasteiger partial charge in [0, 0.05) is 18.8 Å². The number of nitrogens with zero attached hydrogens (tertiary/aromatic N) is 1. The fourth-order valence-corrected chi connectivity index (χ4v) is 2.07. The summed E-state index contributed by atoms with van der Waals surface area (Å²) in [7, 11) is 0. The Morgan fingerprint density at radius 3 is 2.22 bits per heavy atom. The zero-order valence-corrected chi connectivity index (χ0v) is 12.2. The molecule has 1 rings (SSSR count). The fourth-order valence-electron chi connectivity index (χ4n) is 2.07. The quantitative estimate of drug-likeness (QED) is 0.715. The Balaban J connectivity index is 2.30. The first kappa shape index (κ1) is 15.0. The molecule has 0 amide bonds. The van der Waals surface area contributed by atoms with Gasteiger partial charge in [-0.3, -0.25) is 0 Å². The van der Waals surface area contributed by atoms with Crippen LogP contribution >= 0.6 is 0 Å². The molecule has 2 heteroatoms. The summed E-state index contributed by atoms with van der Waals surface area (Å²) in [5.74, 6) is 0. The molecule has 0 atom stereocenters. The molecular formula is C16H28N2. The molecule has 0 radical (unpaired) electrons. The molecule has 0 fully saturated rings. The van der Waals surface area contributed by atoms with Crippen LogP contribution in [0, 0.1) is 0 Å². The highest BCUT2D eigenvalue weighted by atomic mass is 15.1. The van der Waals surface area contributed by atoms with Crippen LogP contribution in [0.2, 0.25) is 0 Å². The van der Waals surface area contributed by atoms with Gasteiger partial charge in [0.25, 0.3) is 0 Å². The molecule has 0 aliphatic carbocycles. The first-order valence-corrected chi connectivity index (χ1v) is 7.35. The SMILES string of the molecule is CCCCc1ccc(NCCN(CC)CC)cc1. The van der Waals surface area contributed by atoms with Crippen LogP contribution in [0.15, 0.2) is 24.3 Å². The van der Waals surface area contributed by atoms with E-state index in [9.17, 15) is 0 Å². The van der Waals surface area contributed by atoms with Gasteiger partial charge in [-0.15, -0.1) is 0 Å². The van der Waals surface area contributed by atoms with Gasteiger partial charge in [0.05, 0.1) is 0 Å².